The molecular formula is C9H14N4O2. The first-order valence-electron chi connectivity index (χ1n) is 4.17. The number of pyridine rings is 1. The molecule has 0 saturated carbocycles. The van der Waals surface area contributed by atoms with E-state index in [0.29, 0.717) is 11.4 Å². The lowest BCUT2D eigenvalue weighted by Crippen LogP contribution is -2.13. The van der Waals surface area contributed by atoms with Crippen LogP contribution >= 0.6 is 0 Å². The summed E-state index contributed by atoms with van der Waals surface area (Å²) in [5, 5.41) is 0. The highest BCUT2D eigenvalue weighted by Crippen LogP contribution is 2.01. The molecule has 0 unspecified atom stereocenters. The maximum Gasteiger partial charge on any atom is 0.250 e. The minimum atomic E-state index is -0.499. The lowest BCUT2D eigenvalue weighted by atomic mass is 10.3. The number of carbonyl (C=O) groups is 2. The summed E-state index contributed by atoms with van der Waals surface area (Å²) in [4.78, 5) is 23.8. The van der Waals surface area contributed by atoms with Gasteiger partial charge < -0.3 is 16.0 Å². The van der Waals surface area contributed by atoms with Crippen LogP contribution in [0.2, 0.25) is 0 Å². The summed E-state index contributed by atoms with van der Waals surface area (Å²) in [5.41, 5.74) is 7.67. The second-order valence-corrected chi connectivity index (χ2v) is 2.85. The van der Waals surface area contributed by atoms with Gasteiger partial charge >= 0.3 is 0 Å². The number of rotatable bonds is 2. The van der Waals surface area contributed by atoms with Crippen molar-refractivity contribution < 1.29 is 9.59 Å². The molecule has 6 nitrogen and oxygen atoms in total. The standard InChI is InChI=1S/C6H8N4O.C3H6O/c7-6(11)4-1-2-5(10-8)9-3-4;1-3(2)4/h1-3H,8H2,(H2,7,11)(H,9,10);1-2H3. The molecule has 15 heavy (non-hydrogen) atoms. The third-order valence-electron chi connectivity index (χ3n) is 1.20. The van der Waals surface area contributed by atoms with Crippen molar-refractivity contribution in [1.82, 2.24) is 4.98 Å². The van der Waals surface area contributed by atoms with Gasteiger partial charge in [-0.25, -0.2) is 10.8 Å². The van der Waals surface area contributed by atoms with E-state index in [1.54, 1.807) is 12.1 Å². The first-order chi connectivity index (χ1) is 6.97. The summed E-state index contributed by atoms with van der Waals surface area (Å²) in [6, 6.07) is 3.12. The summed E-state index contributed by atoms with van der Waals surface area (Å²) in [6.07, 6.45) is 1.36. The van der Waals surface area contributed by atoms with Crippen LogP contribution in [0.3, 0.4) is 0 Å². The molecule has 0 spiro atoms. The third-order valence-corrected chi connectivity index (χ3v) is 1.20. The number of hydrazine groups is 1. The van der Waals surface area contributed by atoms with Crippen LogP contribution in [-0.2, 0) is 4.79 Å². The Bertz CT molecular complexity index is 330. The van der Waals surface area contributed by atoms with Crippen LogP contribution in [0.4, 0.5) is 5.82 Å². The van der Waals surface area contributed by atoms with Gasteiger partial charge in [-0.1, -0.05) is 0 Å². The number of Topliss-reactive ketones (excluding diaryl/α,β-unsaturated/α-hetero) is 1. The van der Waals surface area contributed by atoms with Gasteiger partial charge in [-0.05, 0) is 26.0 Å². The van der Waals surface area contributed by atoms with Crippen molar-refractivity contribution in [3.63, 3.8) is 0 Å². The number of carbonyl (C=O) groups excluding carboxylic acids is 2. The van der Waals surface area contributed by atoms with Gasteiger partial charge in [0.2, 0.25) is 5.91 Å². The molecule has 6 heteroatoms. The number of nitrogen functional groups attached to an aromatic ring is 1. The molecule has 0 fully saturated rings. The van der Waals surface area contributed by atoms with E-state index in [9.17, 15) is 9.59 Å². The first-order valence-corrected chi connectivity index (χ1v) is 4.17. The minimum absolute atomic E-state index is 0.167. The number of ketones is 1. The number of hydrogen-bond donors (Lipinski definition) is 3. The molecule has 0 saturated heterocycles. The number of nitrogens with two attached hydrogens (primary N) is 2. The third kappa shape index (κ3) is 6.17. The molecule has 0 radical (unpaired) electrons. The van der Waals surface area contributed by atoms with Crippen LogP contribution in [0.5, 0.6) is 0 Å². The van der Waals surface area contributed by atoms with E-state index in [1.807, 2.05) is 0 Å². The highest BCUT2D eigenvalue weighted by molar-refractivity contribution is 5.92. The largest absolute Gasteiger partial charge is 0.366 e. The average Bonchev–Trinajstić information content (AvgIpc) is 2.17. The summed E-state index contributed by atoms with van der Waals surface area (Å²) in [5.74, 6) is 5.21. The van der Waals surface area contributed by atoms with Crippen LogP contribution in [0.25, 0.3) is 0 Å². The first kappa shape index (κ1) is 13.1. The molecule has 1 heterocycles. The van der Waals surface area contributed by atoms with Gasteiger partial charge in [0.1, 0.15) is 11.6 Å². The average molecular weight is 210 g/mol. The normalized spacial score (nSPS) is 8.47. The summed E-state index contributed by atoms with van der Waals surface area (Å²) in [6.45, 7) is 3.06. The van der Waals surface area contributed by atoms with E-state index in [1.165, 1.54) is 20.0 Å². The van der Waals surface area contributed by atoms with E-state index in [2.05, 4.69) is 10.4 Å². The van der Waals surface area contributed by atoms with E-state index in [-0.39, 0.29) is 5.78 Å². The van der Waals surface area contributed by atoms with Gasteiger partial charge in [-0.3, -0.25) is 4.79 Å². The number of nitrogens with one attached hydrogen (secondary N) is 1. The van der Waals surface area contributed by atoms with Crippen molar-refractivity contribution in [2.24, 2.45) is 11.6 Å². The van der Waals surface area contributed by atoms with Gasteiger partial charge in [0.25, 0.3) is 0 Å². The van der Waals surface area contributed by atoms with Gasteiger partial charge in [0, 0.05) is 6.20 Å². The summed E-state index contributed by atoms with van der Waals surface area (Å²) >= 11 is 0. The minimum Gasteiger partial charge on any atom is -0.366 e. The quantitative estimate of drug-likeness (QED) is 0.472. The van der Waals surface area contributed by atoms with E-state index in [4.69, 9.17) is 11.6 Å². The fraction of sp³-hybridized carbons (Fsp3) is 0.222. The van der Waals surface area contributed by atoms with Gasteiger partial charge in [0.05, 0.1) is 5.56 Å². The van der Waals surface area contributed by atoms with Crippen molar-refractivity contribution in [3.05, 3.63) is 23.9 Å². The maximum atomic E-state index is 10.5. The number of aromatic nitrogens is 1. The molecule has 0 aliphatic heterocycles. The summed E-state index contributed by atoms with van der Waals surface area (Å²) in [7, 11) is 0. The maximum absolute atomic E-state index is 10.5. The van der Waals surface area contributed by atoms with E-state index >= 15 is 0 Å². The molecule has 0 aliphatic rings. The topological polar surface area (TPSA) is 111 Å². The highest BCUT2D eigenvalue weighted by Gasteiger charge is 1.98. The summed E-state index contributed by atoms with van der Waals surface area (Å²) < 4.78 is 0. The molecular weight excluding hydrogens is 196 g/mol. The molecule has 1 aromatic heterocycles. The number of hydrogen-bond acceptors (Lipinski definition) is 5. The molecule has 1 rings (SSSR count). The Balaban J connectivity index is 0.000000423. The van der Waals surface area contributed by atoms with Crippen molar-refractivity contribution in [2.45, 2.75) is 13.8 Å². The van der Waals surface area contributed by atoms with Crippen molar-refractivity contribution >= 4 is 17.5 Å². The molecule has 1 amide bonds. The Labute approximate surface area is 87.6 Å². The Morgan fingerprint density at radius 3 is 2.13 bits per heavy atom. The molecule has 0 aliphatic carbocycles. The van der Waals surface area contributed by atoms with E-state index in [0.717, 1.165) is 0 Å². The SMILES string of the molecule is CC(C)=O.NNc1ccc(C(N)=O)cn1. The monoisotopic (exact) mass is 210 g/mol. The number of primary amides is 1. The Morgan fingerprint density at radius 1 is 1.33 bits per heavy atom. The lowest BCUT2D eigenvalue weighted by molar-refractivity contribution is -0.114. The van der Waals surface area contributed by atoms with Gasteiger partial charge in [-0.15, -0.1) is 0 Å². The predicted octanol–water partition coefficient (Wildman–Crippen LogP) is 0.0614. The molecule has 0 bridgehead atoms. The zero-order valence-electron chi connectivity index (χ0n) is 8.65. The second-order valence-electron chi connectivity index (χ2n) is 2.85. The molecule has 0 aromatic carbocycles. The number of amides is 1. The Morgan fingerprint density at radius 2 is 1.87 bits per heavy atom. The van der Waals surface area contributed by atoms with Crippen molar-refractivity contribution in [1.29, 1.82) is 0 Å². The number of nitrogens with zero attached hydrogens (tertiary/aromatic N) is 1. The fourth-order valence-corrected chi connectivity index (χ4v) is 0.625. The Kier molecular flexibility index (Phi) is 5.65. The molecule has 0 atom stereocenters. The van der Waals surface area contributed by atoms with Crippen molar-refractivity contribution in [2.75, 3.05) is 5.43 Å². The fourth-order valence-electron chi connectivity index (χ4n) is 0.625. The Hall–Kier alpha value is -1.95. The predicted molar refractivity (Wildman–Crippen MR) is 56.9 cm³/mol. The van der Waals surface area contributed by atoms with Crippen molar-refractivity contribution in [3.8, 4) is 0 Å². The van der Waals surface area contributed by atoms with Crippen LogP contribution in [0.15, 0.2) is 18.3 Å². The zero-order chi connectivity index (χ0) is 11.8. The second kappa shape index (κ2) is 6.50. The van der Waals surface area contributed by atoms with Gasteiger partial charge in [0.15, 0.2) is 0 Å². The highest BCUT2D eigenvalue weighted by atomic mass is 16.1. The smallest absolute Gasteiger partial charge is 0.250 e. The zero-order valence-corrected chi connectivity index (χ0v) is 8.65. The van der Waals surface area contributed by atoms with Crippen LogP contribution in [0, 0.1) is 0 Å². The van der Waals surface area contributed by atoms with Crippen LogP contribution in [-0.4, -0.2) is 16.7 Å². The molecule has 5 N–H and O–H groups in total. The lowest BCUT2D eigenvalue weighted by Gasteiger charge is -1.97. The molecule has 82 valence electrons. The van der Waals surface area contributed by atoms with Gasteiger partial charge in [-0.2, -0.15) is 0 Å². The van der Waals surface area contributed by atoms with E-state index < -0.39 is 5.91 Å². The van der Waals surface area contributed by atoms with Crippen LogP contribution in [0.1, 0.15) is 24.2 Å². The molecule has 1 aromatic rings. The van der Waals surface area contributed by atoms with Crippen LogP contribution < -0.4 is 17.0 Å². The number of anilines is 1.